The van der Waals surface area contributed by atoms with Crippen molar-refractivity contribution in [2.45, 2.75) is 71.0 Å². The zero-order valence-electron chi connectivity index (χ0n) is 13.7. The van der Waals surface area contributed by atoms with Gasteiger partial charge in [-0.05, 0) is 51.0 Å². The minimum Gasteiger partial charge on any atom is -0.368 e. The second-order valence-electron chi connectivity index (χ2n) is 7.99. The molecule has 0 heterocycles. The van der Waals surface area contributed by atoms with E-state index in [0.29, 0.717) is 18.0 Å². The molecule has 2 aliphatic rings. The summed E-state index contributed by atoms with van der Waals surface area (Å²) in [4.78, 5) is 14.5. The third-order valence-electron chi connectivity index (χ3n) is 5.17. The fourth-order valence-corrected chi connectivity index (χ4v) is 3.00. The molecule has 2 saturated carbocycles. The number of primary amides is 1. The molecule has 0 spiro atoms. The van der Waals surface area contributed by atoms with E-state index < -0.39 is 5.54 Å². The predicted molar refractivity (Wildman–Crippen MR) is 82.4 cm³/mol. The molecule has 0 bridgehead atoms. The maximum Gasteiger partial charge on any atom is 0.239 e. The van der Waals surface area contributed by atoms with Gasteiger partial charge in [-0.3, -0.25) is 10.1 Å². The first-order chi connectivity index (χ1) is 9.17. The molecule has 2 rings (SSSR count). The number of carbonyl (C=O) groups is 1. The summed E-state index contributed by atoms with van der Waals surface area (Å²) >= 11 is 0. The van der Waals surface area contributed by atoms with Crippen molar-refractivity contribution in [1.29, 1.82) is 0 Å². The van der Waals surface area contributed by atoms with Gasteiger partial charge in [-0.1, -0.05) is 20.8 Å². The van der Waals surface area contributed by atoms with Crippen molar-refractivity contribution in [2.24, 2.45) is 17.1 Å². The van der Waals surface area contributed by atoms with Crippen molar-refractivity contribution in [3.63, 3.8) is 0 Å². The minimum atomic E-state index is -0.518. The fraction of sp³-hybridized carbons (Fsp3) is 0.938. The Kier molecular flexibility index (Phi) is 4.18. The highest BCUT2D eigenvalue weighted by Gasteiger charge is 2.52. The second kappa shape index (κ2) is 5.30. The third kappa shape index (κ3) is 3.34. The summed E-state index contributed by atoms with van der Waals surface area (Å²) in [6.07, 6.45) is 4.61. The Morgan fingerprint density at radius 3 is 2.20 bits per heavy atom. The van der Waals surface area contributed by atoms with Gasteiger partial charge < -0.3 is 10.6 Å². The Morgan fingerprint density at radius 1 is 1.30 bits per heavy atom. The lowest BCUT2D eigenvalue weighted by Gasteiger charge is -2.42. The van der Waals surface area contributed by atoms with Crippen LogP contribution in [0.1, 0.15) is 53.4 Å². The predicted octanol–water partition coefficient (Wildman–Crippen LogP) is 1.74. The van der Waals surface area contributed by atoms with Crippen molar-refractivity contribution in [2.75, 3.05) is 13.6 Å². The molecule has 0 aromatic rings. The smallest absolute Gasteiger partial charge is 0.239 e. The van der Waals surface area contributed by atoms with Crippen LogP contribution in [-0.2, 0) is 4.79 Å². The third-order valence-corrected chi connectivity index (χ3v) is 5.17. The summed E-state index contributed by atoms with van der Waals surface area (Å²) in [5, 5.41) is 3.59. The van der Waals surface area contributed by atoms with Gasteiger partial charge in [0.25, 0.3) is 0 Å². The molecule has 0 aliphatic heterocycles. The maximum absolute atomic E-state index is 12.2. The van der Waals surface area contributed by atoms with E-state index in [-0.39, 0.29) is 11.3 Å². The fourth-order valence-electron chi connectivity index (χ4n) is 3.00. The standard InChI is InChI=1S/C16H31N3O/c1-11(15(2,3)4)19(5)10-16(14(17)20,12-6-7-12)18-13-8-9-13/h11-13,18H,6-10H2,1-5H3,(H2,17,20). The molecule has 2 atom stereocenters. The highest BCUT2D eigenvalue weighted by atomic mass is 16.1. The Bertz CT molecular complexity index is 368. The molecule has 2 fully saturated rings. The maximum atomic E-state index is 12.2. The van der Waals surface area contributed by atoms with E-state index in [1.807, 2.05) is 0 Å². The first kappa shape index (κ1) is 15.8. The van der Waals surface area contributed by atoms with E-state index in [1.165, 1.54) is 12.8 Å². The molecule has 4 nitrogen and oxygen atoms in total. The molecule has 116 valence electrons. The molecule has 20 heavy (non-hydrogen) atoms. The van der Waals surface area contributed by atoms with Crippen molar-refractivity contribution >= 4 is 5.91 Å². The van der Waals surface area contributed by atoms with Crippen molar-refractivity contribution < 1.29 is 4.79 Å². The largest absolute Gasteiger partial charge is 0.368 e. The summed E-state index contributed by atoms with van der Waals surface area (Å²) in [5.41, 5.74) is 5.50. The molecule has 4 heteroatoms. The summed E-state index contributed by atoms with van der Waals surface area (Å²) in [5.74, 6) is 0.259. The molecule has 0 saturated heterocycles. The van der Waals surface area contributed by atoms with Gasteiger partial charge in [-0.2, -0.15) is 0 Å². The topological polar surface area (TPSA) is 58.4 Å². The summed E-state index contributed by atoms with van der Waals surface area (Å²) in [7, 11) is 2.12. The number of hydrogen-bond acceptors (Lipinski definition) is 3. The van der Waals surface area contributed by atoms with Crippen LogP contribution in [0.3, 0.4) is 0 Å². The first-order valence-electron chi connectivity index (χ1n) is 7.94. The zero-order valence-corrected chi connectivity index (χ0v) is 13.7. The van der Waals surface area contributed by atoms with Gasteiger partial charge in [0.1, 0.15) is 5.54 Å². The number of likely N-dealkylation sites (N-methyl/N-ethyl adjacent to an activating group) is 1. The van der Waals surface area contributed by atoms with E-state index in [4.69, 9.17) is 5.73 Å². The van der Waals surface area contributed by atoms with Crippen LogP contribution in [0.15, 0.2) is 0 Å². The number of amides is 1. The lowest BCUT2D eigenvalue weighted by Crippen LogP contribution is -2.64. The zero-order chi connectivity index (χ0) is 15.1. The first-order valence-corrected chi connectivity index (χ1v) is 7.94. The quantitative estimate of drug-likeness (QED) is 0.747. The van der Waals surface area contributed by atoms with E-state index in [2.05, 4.69) is 45.0 Å². The molecule has 3 N–H and O–H groups in total. The molecule has 0 radical (unpaired) electrons. The number of carbonyl (C=O) groups excluding carboxylic acids is 1. The molecule has 0 aromatic carbocycles. The van der Waals surface area contributed by atoms with Crippen molar-refractivity contribution in [3.8, 4) is 0 Å². The van der Waals surface area contributed by atoms with Crippen LogP contribution in [0.4, 0.5) is 0 Å². The van der Waals surface area contributed by atoms with Gasteiger partial charge in [-0.25, -0.2) is 0 Å². The van der Waals surface area contributed by atoms with Crippen molar-refractivity contribution in [3.05, 3.63) is 0 Å². The number of rotatable bonds is 7. The molecule has 2 unspecified atom stereocenters. The Balaban J connectivity index is 2.12. The van der Waals surface area contributed by atoms with Gasteiger partial charge in [0.2, 0.25) is 5.91 Å². The van der Waals surface area contributed by atoms with Crippen LogP contribution in [0.5, 0.6) is 0 Å². The van der Waals surface area contributed by atoms with Gasteiger partial charge >= 0.3 is 0 Å². The molecule has 2 aliphatic carbocycles. The van der Waals surface area contributed by atoms with Gasteiger partial charge in [-0.15, -0.1) is 0 Å². The summed E-state index contributed by atoms with van der Waals surface area (Å²) in [6.45, 7) is 9.68. The normalized spacial score (nSPS) is 24.5. The van der Waals surface area contributed by atoms with Crippen LogP contribution in [-0.4, -0.2) is 42.0 Å². The lowest BCUT2D eigenvalue weighted by atomic mass is 9.84. The van der Waals surface area contributed by atoms with E-state index in [1.54, 1.807) is 0 Å². The highest BCUT2D eigenvalue weighted by Crippen LogP contribution is 2.42. The summed E-state index contributed by atoms with van der Waals surface area (Å²) < 4.78 is 0. The number of nitrogens with zero attached hydrogens (tertiary/aromatic N) is 1. The minimum absolute atomic E-state index is 0.167. The van der Waals surface area contributed by atoms with Gasteiger partial charge in [0, 0.05) is 18.6 Å². The Morgan fingerprint density at radius 2 is 1.85 bits per heavy atom. The van der Waals surface area contributed by atoms with Crippen LogP contribution in [0.25, 0.3) is 0 Å². The van der Waals surface area contributed by atoms with Crippen LogP contribution in [0.2, 0.25) is 0 Å². The molecular weight excluding hydrogens is 250 g/mol. The average Bonchev–Trinajstić information content (AvgIpc) is 3.17. The number of hydrogen-bond donors (Lipinski definition) is 2. The molecule has 0 aromatic heterocycles. The van der Waals surface area contributed by atoms with Crippen LogP contribution in [0, 0.1) is 11.3 Å². The van der Waals surface area contributed by atoms with E-state index in [9.17, 15) is 4.79 Å². The average molecular weight is 281 g/mol. The highest BCUT2D eigenvalue weighted by molar-refractivity contribution is 5.86. The van der Waals surface area contributed by atoms with Crippen LogP contribution >= 0.6 is 0 Å². The summed E-state index contributed by atoms with van der Waals surface area (Å²) in [6, 6.07) is 0.905. The Hall–Kier alpha value is -0.610. The number of nitrogens with one attached hydrogen (secondary N) is 1. The molecular formula is C16H31N3O. The van der Waals surface area contributed by atoms with Crippen LogP contribution < -0.4 is 11.1 Å². The number of nitrogens with two attached hydrogens (primary N) is 1. The lowest BCUT2D eigenvalue weighted by molar-refractivity contribution is -0.126. The van der Waals surface area contributed by atoms with Crippen molar-refractivity contribution in [1.82, 2.24) is 10.2 Å². The van der Waals surface area contributed by atoms with Gasteiger partial charge in [0.15, 0.2) is 0 Å². The van der Waals surface area contributed by atoms with E-state index >= 15 is 0 Å². The Labute approximate surface area is 123 Å². The van der Waals surface area contributed by atoms with E-state index in [0.717, 1.165) is 19.4 Å². The molecule has 1 amide bonds. The monoisotopic (exact) mass is 281 g/mol. The SMILES string of the molecule is CC(N(C)CC(NC1CC1)(C(N)=O)C1CC1)C(C)(C)C. The van der Waals surface area contributed by atoms with Gasteiger partial charge in [0.05, 0.1) is 0 Å². The second-order valence-corrected chi connectivity index (χ2v) is 7.99.